The number of carbonyl (C=O) groups is 3. The van der Waals surface area contributed by atoms with Gasteiger partial charge < -0.3 is 20.5 Å². The number of ether oxygens (including phenoxy) is 1. The van der Waals surface area contributed by atoms with Gasteiger partial charge in [-0.1, -0.05) is 61.5 Å². The van der Waals surface area contributed by atoms with Gasteiger partial charge in [0.1, 0.15) is 12.6 Å². The largest absolute Gasteiger partial charge is 0.481 e. The maximum Gasteiger partial charge on any atom is 0.407 e. The van der Waals surface area contributed by atoms with Crippen molar-refractivity contribution >= 4 is 18.0 Å². The number of carbonyl (C=O) groups excluding carboxylic acids is 2. The molecule has 3 rings (SSSR count). The van der Waals surface area contributed by atoms with Gasteiger partial charge in [0.25, 0.3) is 0 Å². The van der Waals surface area contributed by atoms with E-state index in [2.05, 4.69) is 29.3 Å². The van der Waals surface area contributed by atoms with Crippen molar-refractivity contribution < 1.29 is 24.2 Å². The van der Waals surface area contributed by atoms with Gasteiger partial charge in [-0.05, 0) is 34.6 Å². The Morgan fingerprint density at radius 1 is 1.09 bits per heavy atom. The van der Waals surface area contributed by atoms with Crippen LogP contribution in [0.3, 0.4) is 0 Å². The van der Waals surface area contributed by atoms with Gasteiger partial charge in [-0.2, -0.15) is 0 Å². The van der Waals surface area contributed by atoms with Crippen LogP contribution < -0.4 is 10.6 Å². The van der Waals surface area contributed by atoms with Gasteiger partial charge in [-0.15, -0.1) is 6.58 Å². The van der Waals surface area contributed by atoms with Crippen molar-refractivity contribution in [1.29, 1.82) is 0 Å². The number of hydrogen-bond donors (Lipinski definition) is 3. The molecular weight excluding hydrogens is 408 g/mol. The topological polar surface area (TPSA) is 105 Å². The molecule has 2 atom stereocenters. The number of rotatable bonds is 10. The first-order valence-corrected chi connectivity index (χ1v) is 10.6. The van der Waals surface area contributed by atoms with Crippen LogP contribution in [0.2, 0.25) is 0 Å². The van der Waals surface area contributed by atoms with E-state index in [-0.39, 0.29) is 37.8 Å². The minimum atomic E-state index is -0.925. The first-order chi connectivity index (χ1) is 15.4. The molecule has 0 aliphatic heterocycles. The van der Waals surface area contributed by atoms with Crippen molar-refractivity contribution in [2.75, 3.05) is 13.2 Å². The van der Waals surface area contributed by atoms with Gasteiger partial charge in [0.05, 0.1) is 0 Å². The second kappa shape index (κ2) is 10.6. The molecule has 1 aliphatic carbocycles. The summed E-state index contributed by atoms with van der Waals surface area (Å²) in [5.74, 6) is -1.63. The van der Waals surface area contributed by atoms with E-state index in [1.807, 2.05) is 36.4 Å². The Bertz CT molecular complexity index is 958. The lowest BCUT2D eigenvalue weighted by Crippen LogP contribution is -2.47. The molecule has 168 valence electrons. The second-order valence-electron chi connectivity index (χ2n) is 8.00. The van der Waals surface area contributed by atoms with Crippen LogP contribution in [0.15, 0.2) is 61.2 Å². The van der Waals surface area contributed by atoms with E-state index >= 15 is 0 Å². The fourth-order valence-corrected chi connectivity index (χ4v) is 3.95. The van der Waals surface area contributed by atoms with Gasteiger partial charge >= 0.3 is 12.1 Å². The van der Waals surface area contributed by atoms with Gasteiger partial charge in [0, 0.05) is 18.9 Å². The first kappa shape index (κ1) is 23.1. The van der Waals surface area contributed by atoms with E-state index in [1.54, 1.807) is 6.92 Å². The van der Waals surface area contributed by atoms with Gasteiger partial charge in [0.15, 0.2) is 0 Å². The standard InChI is InChI=1S/C25H28N2O5/c1-3-8-22(24(30)26-14-16(2)13-23(28)29)27-25(31)32-15-21-19-11-6-4-9-17(19)18-10-5-7-12-20(18)21/h3-7,9-12,16,21-22H,1,8,13-15H2,2H3,(H,26,30)(H,27,31)(H,28,29). The minimum absolute atomic E-state index is 0.0494. The molecule has 2 aromatic carbocycles. The summed E-state index contributed by atoms with van der Waals surface area (Å²) in [4.78, 5) is 35.7. The van der Waals surface area contributed by atoms with Crippen molar-refractivity contribution in [3.05, 3.63) is 72.3 Å². The number of hydrogen-bond acceptors (Lipinski definition) is 4. The van der Waals surface area contributed by atoms with Crippen molar-refractivity contribution in [3.8, 4) is 11.1 Å². The lowest BCUT2D eigenvalue weighted by molar-refractivity contribution is -0.138. The molecule has 0 aromatic heterocycles. The third-order valence-electron chi connectivity index (χ3n) is 5.50. The zero-order valence-corrected chi connectivity index (χ0v) is 18.0. The second-order valence-corrected chi connectivity index (χ2v) is 8.00. The third-order valence-corrected chi connectivity index (χ3v) is 5.50. The van der Waals surface area contributed by atoms with Crippen molar-refractivity contribution in [2.45, 2.75) is 31.7 Å². The molecule has 2 amide bonds. The molecule has 7 nitrogen and oxygen atoms in total. The molecule has 0 saturated carbocycles. The summed E-state index contributed by atoms with van der Waals surface area (Å²) in [5, 5.41) is 14.1. The smallest absolute Gasteiger partial charge is 0.407 e. The Balaban J connectivity index is 1.58. The van der Waals surface area contributed by atoms with Crippen LogP contribution in [-0.4, -0.2) is 42.3 Å². The maximum atomic E-state index is 12.5. The molecule has 32 heavy (non-hydrogen) atoms. The Labute approximate surface area is 187 Å². The van der Waals surface area contributed by atoms with Crippen LogP contribution in [0.25, 0.3) is 11.1 Å². The molecule has 0 spiro atoms. The average Bonchev–Trinajstić information content (AvgIpc) is 3.09. The van der Waals surface area contributed by atoms with Gasteiger partial charge in [-0.25, -0.2) is 4.79 Å². The number of carboxylic acids is 1. The number of alkyl carbamates (subject to hydrolysis) is 1. The van der Waals surface area contributed by atoms with E-state index in [0.29, 0.717) is 0 Å². The quantitative estimate of drug-likeness (QED) is 0.493. The summed E-state index contributed by atoms with van der Waals surface area (Å²) >= 11 is 0. The van der Waals surface area contributed by atoms with Crippen LogP contribution in [0, 0.1) is 5.92 Å². The number of benzene rings is 2. The molecule has 2 aromatic rings. The Morgan fingerprint density at radius 3 is 2.25 bits per heavy atom. The fourth-order valence-electron chi connectivity index (χ4n) is 3.95. The lowest BCUT2D eigenvalue weighted by Gasteiger charge is -2.19. The molecule has 0 bridgehead atoms. The van der Waals surface area contributed by atoms with E-state index in [9.17, 15) is 14.4 Å². The summed E-state index contributed by atoms with van der Waals surface area (Å²) in [6.07, 6.45) is 1.02. The summed E-state index contributed by atoms with van der Waals surface area (Å²) in [7, 11) is 0. The van der Waals surface area contributed by atoms with E-state index in [4.69, 9.17) is 9.84 Å². The van der Waals surface area contributed by atoms with Gasteiger partial charge in [0.2, 0.25) is 5.91 Å². The predicted octanol–water partition coefficient (Wildman–Crippen LogP) is 3.70. The van der Waals surface area contributed by atoms with Crippen LogP contribution in [-0.2, 0) is 14.3 Å². The lowest BCUT2D eigenvalue weighted by atomic mass is 9.98. The monoisotopic (exact) mass is 436 g/mol. The molecule has 7 heteroatoms. The molecule has 0 radical (unpaired) electrons. The zero-order chi connectivity index (χ0) is 23.1. The normalized spacial score (nSPS) is 13.9. The molecule has 1 aliphatic rings. The predicted molar refractivity (Wildman–Crippen MR) is 121 cm³/mol. The van der Waals surface area contributed by atoms with Crippen molar-refractivity contribution in [2.24, 2.45) is 5.92 Å². The van der Waals surface area contributed by atoms with Crippen molar-refractivity contribution in [1.82, 2.24) is 10.6 Å². The molecule has 0 fully saturated rings. The van der Waals surface area contributed by atoms with Crippen LogP contribution in [0.5, 0.6) is 0 Å². The fraction of sp³-hybridized carbons (Fsp3) is 0.320. The number of aliphatic carboxylic acids is 1. The number of nitrogens with one attached hydrogen (secondary N) is 2. The number of carboxylic acid groups (broad SMARTS) is 1. The molecule has 3 N–H and O–H groups in total. The molecule has 2 unspecified atom stereocenters. The summed E-state index contributed by atoms with van der Waals surface area (Å²) in [5.41, 5.74) is 4.48. The molecule has 0 saturated heterocycles. The van der Waals surface area contributed by atoms with Crippen molar-refractivity contribution in [3.63, 3.8) is 0 Å². The van der Waals surface area contributed by atoms with E-state index in [0.717, 1.165) is 22.3 Å². The summed E-state index contributed by atoms with van der Waals surface area (Å²) < 4.78 is 5.50. The minimum Gasteiger partial charge on any atom is -0.481 e. The highest BCUT2D eigenvalue weighted by Crippen LogP contribution is 2.44. The first-order valence-electron chi connectivity index (χ1n) is 10.6. The van der Waals surface area contributed by atoms with Gasteiger partial charge in [-0.3, -0.25) is 9.59 Å². The average molecular weight is 437 g/mol. The van der Waals surface area contributed by atoms with Crippen LogP contribution in [0.4, 0.5) is 4.79 Å². The highest BCUT2D eigenvalue weighted by atomic mass is 16.5. The molecule has 0 heterocycles. The zero-order valence-electron chi connectivity index (χ0n) is 18.0. The Kier molecular flexibility index (Phi) is 7.65. The summed E-state index contributed by atoms with van der Waals surface area (Å²) in [6.45, 7) is 5.72. The SMILES string of the molecule is C=CCC(NC(=O)OCC1c2ccccc2-c2ccccc21)C(=O)NCC(C)CC(=O)O. The number of fused-ring (bicyclic) bond motifs is 3. The van der Waals surface area contributed by atoms with Crippen LogP contribution in [0.1, 0.15) is 36.8 Å². The van der Waals surface area contributed by atoms with E-state index < -0.39 is 24.0 Å². The Morgan fingerprint density at radius 2 is 1.69 bits per heavy atom. The maximum absolute atomic E-state index is 12.5. The van der Waals surface area contributed by atoms with Crippen LogP contribution >= 0.6 is 0 Å². The highest BCUT2D eigenvalue weighted by Gasteiger charge is 2.29. The Hall–Kier alpha value is -3.61. The number of amides is 2. The molecular formula is C25H28N2O5. The van der Waals surface area contributed by atoms with E-state index in [1.165, 1.54) is 6.08 Å². The summed E-state index contributed by atoms with van der Waals surface area (Å²) in [6, 6.07) is 15.2. The third kappa shape index (κ3) is 5.55. The highest BCUT2D eigenvalue weighted by molar-refractivity contribution is 5.86.